The Morgan fingerprint density at radius 3 is 2.65 bits per heavy atom. The molecule has 1 aromatic carbocycles. The summed E-state index contributed by atoms with van der Waals surface area (Å²) in [6.45, 7) is 7.24. The molecule has 40 heavy (non-hydrogen) atoms. The average molecular weight is 594 g/mol. The molecule has 1 aliphatic carbocycles. The van der Waals surface area contributed by atoms with Gasteiger partial charge in [-0.1, -0.05) is 11.6 Å². The second-order valence-corrected chi connectivity index (χ2v) is 11.6. The maximum absolute atomic E-state index is 13.3. The molecule has 0 amide bonds. The Morgan fingerprint density at radius 1 is 1.15 bits per heavy atom. The molecule has 0 radical (unpaired) electrons. The summed E-state index contributed by atoms with van der Waals surface area (Å²) in [5.41, 5.74) is 1.08. The Labute approximate surface area is 237 Å². The van der Waals surface area contributed by atoms with Gasteiger partial charge in [-0.05, 0) is 38.0 Å². The smallest absolute Gasteiger partial charge is 0.427 e. The first-order valence-corrected chi connectivity index (χ1v) is 14.2. The number of imidazole rings is 1. The third kappa shape index (κ3) is 5.87. The number of rotatable bonds is 9. The lowest BCUT2D eigenvalue weighted by atomic mass is 10.2. The summed E-state index contributed by atoms with van der Waals surface area (Å²) in [5.74, 6) is 1.36. The summed E-state index contributed by atoms with van der Waals surface area (Å²) < 4.78 is 53.5. The number of aromatic nitrogens is 5. The summed E-state index contributed by atoms with van der Waals surface area (Å²) in [6.07, 6.45) is -0.468. The van der Waals surface area contributed by atoms with Gasteiger partial charge in [0.1, 0.15) is 40.0 Å². The van der Waals surface area contributed by atoms with Gasteiger partial charge < -0.3 is 19.4 Å². The summed E-state index contributed by atoms with van der Waals surface area (Å²) in [7, 11) is 0. The van der Waals surface area contributed by atoms with Crippen LogP contribution in [0.4, 0.5) is 13.2 Å². The van der Waals surface area contributed by atoms with Crippen LogP contribution in [0.15, 0.2) is 30.7 Å². The summed E-state index contributed by atoms with van der Waals surface area (Å²) >= 11 is 7.32. The Morgan fingerprint density at radius 2 is 1.95 bits per heavy atom. The molecule has 9 nitrogen and oxygen atoms in total. The Bertz CT molecular complexity index is 1520. The molecule has 0 bridgehead atoms. The van der Waals surface area contributed by atoms with Crippen LogP contribution in [-0.2, 0) is 12.7 Å². The van der Waals surface area contributed by atoms with Crippen LogP contribution in [0.5, 0.6) is 11.6 Å². The number of ether oxygens (including phenoxy) is 2. The van der Waals surface area contributed by atoms with Crippen LogP contribution in [-0.4, -0.2) is 74.3 Å². The largest absolute Gasteiger partial charge is 0.492 e. The highest BCUT2D eigenvalue weighted by Gasteiger charge is 2.41. The van der Waals surface area contributed by atoms with Crippen LogP contribution < -0.4 is 14.8 Å². The molecule has 4 heterocycles. The third-order valence-corrected chi connectivity index (χ3v) is 8.33. The van der Waals surface area contributed by atoms with Crippen molar-refractivity contribution in [2.75, 3.05) is 39.3 Å². The SMILES string of the molecule is CC1(Oc2ncnc3c2nc(-c2ccc(OCCN4CCNCC4)cc2Cl)n3Cc2ncc(C(F)(F)F)s2)CC1. The fourth-order valence-electron chi connectivity index (χ4n) is 4.50. The minimum atomic E-state index is -4.47. The normalized spacial score (nSPS) is 17.3. The molecule has 3 aromatic heterocycles. The summed E-state index contributed by atoms with van der Waals surface area (Å²) in [4.78, 5) is 19.1. The number of alkyl halides is 3. The number of benzene rings is 1. The number of nitrogens with one attached hydrogen (secondary N) is 1. The lowest BCUT2D eigenvalue weighted by molar-refractivity contribution is -0.134. The Hall–Kier alpha value is -3.00. The molecule has 4 aromatic rings. The van der Waals surface area contributed by atoms with Gasteiger partial charge in [-0.15, -0.1) is 11.3 Å². The minimum absolute atomic E-state index is 0.0135. The number of thiazole rings is 1. The van der Waals surface area contributed by atoms with Gasteiger partial charge in [-0.3, -0.25) is 4.90 Å². The maximum atomic E-state index is 13.3. The minimum Gasteiger partial charge on any atom is -0.492 e. The second-order valence-electron chi connectivity index (χ2n) is 10.1. The molecule has 1 saturated heterocycles. The van der Waals surface area contributed by atoms with Crippen molar-refractivity contribution in [2.24, 2.45) is 0 Å². The Balaban J connectivity index is 1.32. The molecule has 6 rings (SSSR count). The Kier molecular flexibility index (Phi) is 7.32. The molecule has 2 fully saturated rings. The third-order valence-electron chi connectivity index (χ3n) is 6.99. The zero-order chi connectivity index (χ0) is 27.9. The maximum Gasteiger partial charge on any atom is 0.427 e. The van der Waals surface area contributed by atoms with Crippen LogP contribution in [0.1, 0.15) is 29.7 Å². The molecular weight excluding hydrogens is 567 g/mol. The van der Waals surface area contributed by atoms with Crippen molar-refractivity contribution in [1.29, 1.82) is 0 Å². The van der Waals surface area contributed by atoms with Crippen molar-refractivity contribution < 1.29 is 22.6 Å². The first-order chi connectivity index (χ1) is 19.2. The molecule has 1 aliphatic heterocycles. The predicted octanol–water partition coefficient (Wildman–Crippen LogP) is 4.89. The van der Waals surface area contributed by atoms with Gasteiger partial charge in [0.05, 0.1) is 17.8 Å². The van der Waals surface area contributed by atoms with Crippen LogP contribution in [0, 0.1) is 0 Å². The van der Waals surface area contributed by atoms with Crippen LogP contribution in [0.25, 0.3) is 22.6 Å². The van der Waals surface area contributed by atoms with Crippen LogP contribution in [0.3, 0.4) is 0 Å². The monoisotopic (exact) mass is 593 g/mol. The molecule has 0 atom stereocenters. The molecule has 0 spiro atoms. The van der Waals surface area contributed by atoms with Gasteiger partial charge in [0.15, 0.2) is 11.2 Å². The van der Waals surface area contributed by atoms with E-state index < -0.39 is 11.1 Å². The van der Waals surface area contributed by atoms with Crippen molar-refractivity contribution >= 4 is 34.1 Å². The van der Waals surface area contributed by atoms with E-state index in [0.717, 1.165) is 51.8 Å². The summed E-state index contributed by atoms with van der Waals surface area (Å²) in [6, 6.07) is 5.32. The first kappa shape index (κ1) is 27.2. The second kappa shape index (κ2) is 10.8. The zero-order valence-electron chi connectivity index (χ0n) is 21.7. The van der Waals surface area contributed by atoms with Crippen molar-refractivity contribution in [1.82, 2.24) is 34.7 Å². The van der Waals surface area contributed by atoms with Gasteiger partial charge in [-0.25, -0.2) is 15.0 Å². The molecule has 1 N–H and O–H groups in total. The molecule has 14 heteroatoms. The number of halogens is 4. The van der Waals surface area contributed by atoms with Gasteiger partial charge >= 0.3 is 6.18 Å². The summed E-state index contributed by atoms with van der Waals surface area (Å²) in [5, 5.41) is 3.97. The van der Waals surface area contributed by atoms with E-state index in [4.69, 9.17) is 26.1 Å². The van der Waals surface area contributed by atoms with E-state index in [2.05, 4.69) is 25.2 Å². The van der Waals surface area contributed by atoms with E-state index in [1.54, 1.807) is 16.7 Å². The van der Waals surface area contributed by atoms with Gasteiger partial charge in [0, 0.05) is 38.3 Å². The lowest BCUT2D eigenvalue weighted by Gasteiger charge is -2.26. The zero-order valence-corrected chi connectivity index (χ0v) is 23.2. The van der Waals surface area contributed by atoms with E-state index in [9.17, 15) is 13.2 Å². The van der Waals surface area contributed by atoms with E-state index in [1.807, 2.05) is 13.0 Å². The number of hydrogen-bond donors (Lipinski definition) is 1. The van der Waals surface area contributed by atoms with Gasteiger partial charge in [-0.2, -0.15) is 18.2 Å². The fraction of sp³-hybridized carbons (Fsp3) is 0.462. The molecule has 0 unspecified atom stereocenters. The highest BCUT2D eigenvalue weighted by atomic mass is 35.5. The highest BCUT2D eigenvalue weighted by Crippen LogP contribution is 2.42. The van der Waals surface area contributed by atoms with E-state index in [1.165, 1.54) is 6.33 Å². The van der Waals surface area contributed by atoms with Crippen LogP contribution in [0.2, 0.25) is 5.02 Å². The van der Waals surface area contributed by atoms with E-state index in [0.29, 0.717) is 57.1 Å². The number of fused-ring (bicyclic) bond motifs is 1. The van der Waals surface area contributed by atoms with E-state index >= 15 is 0 Å². The van der Waals surface area contributed by atoms with Crippen molar-refractivity contribution in [3.05, 3.63) is 45.6 Å². The highest BCUT2D eigenvalue weighted by molar-refractivity contribution is 7.11. The van der Waals surface area contributed by atoms with Crippen molar-refractivity contribution in [3.63, 3.8) is 0 Å². The molecule has 2 aliphatic rings. The predicted molar refractivity (Wildman–Crippen MR) is 145 cm³/mol. The van der Waals surface area contributed by atoms with Crippen molar-refractivity contribution in [3.8, 4) is 23.0 Å². The number of piperazine rings is 1. The van der Waals surface area contributed by atoms with Crippen LogP contribution >= 0.6 is 22.9 Å². The van der Waals surface area contributed by atoms with Gasteiger partial charge in [0.2, 0.25) is 5.88 Å². The average Bonchev–Trinajstić information content (AvgIpc) is 3.30. The van der Waals surface area contributed by atoms with Gasteiger partial charge in [0.25, 0.3) is 0 Å². The number of nitrogens with zero attached hydrogens (tertiary/aromatic N) is 6. The first-order valence-electron chi connectivity index (χ1n) is 13.0. The lowest BCUT2D eigenvalue weighted by Crippen LogP contribution is -2.44. The quantitative estimate of drug-likeness (QED) is 0.294. The fourth-order valence-corrected chi connectivity index (χ4v) is 5.53. The standard InChI is InChI=1S/C26H27ClF3N7O2S/c1-25(4-5-25)39-24-21-23(33-15-34-24)37(14-20-32-13-19(40-20)26(28,29)30)22(35-21)17-3-2-16(12-18(17)27)38-11-10-36-8-6-31-7-9-36/h2-3,12-13,15,31H,4-11,14H2,1H3. The number of hydrogen-bond acceptors (Lipinski definition) is 9. The molecular formula is C26H27ClF3N7O2S. The van der Waals surface area contributed by atoms with Crippen molar-refractivity contribution in [2.45, 2.75) is 38.1 Å². The van der Waals surface area contributed by atoms with E-state index in [-0.39, 0.29) is 17.2 Å². The topological polar surface area (TPSA) is 90.2 Å². The molecule has 212 valence electrons. The molecule has 1 saturated carbocycles.